The van der Waals surface area contributed by atoms with Crippen LogP contribution in [0.2, 0.25) is 0 Å². The van der Waals surface area contributed by atoms with E-state index in [1.165, 1.54) is 24.8 Å². The van der Waals surface area contributed by atoms with E-state index in [2.05, 4.69) is 15.0 Å². The topological polar surface area (TPSA) is 24.5 Å². The normalized spacial score (nSPS) is 20.5. The molecule has 0 spiro atoms. The molecule has 22 heavy (non-hydrogen) atoms. The average Bonchev–Trinajstić information content (AvgIpc) is 3.30. The molecule has 1 N–H and O–H groups in total. The first-order chi connectivity index (χ1) is 10.2. The Morgan fingerprint density at radius 2 is 1.77 bits per heavy atom. The van der Waals surface area contributed by atoms with Crippen molar-refractivity contribution in [1.29, 1.82) is 0 Å². The minimum absolute atomic E-state index is 0. The fourth-order valence-corrected chi connectivity index (χ4v) is 3.03. The Balaban J connectivity index is 0.00000176. The van der Waals surface area contributed by atoms with Crippen molar-refractivity contribution in [3.05, 3.63) is 29.8 Å². The summed E-state index contributed by atoms with van der Waals surface area (Å²) in [5, 5.41) is 3.38. The molecule has 3 nitrogen and oxygen atoms in total. The van der Waals surface area contributed by atoms with Crippen LogP contribution in [-0.4, -0.2) is 37.7 Å². The van der Waals surface area contributed by atoms with Crippen molar-refractivity contribution in [2.45, 2.75) is 31.9 Å². The summed E-state index contributed by atoms with van der Waals surface area (Å²) in [5.41, 5.74) is 1.21. The Kier molecular flexibility index (Phi) is 6.41. The van der Waals surface area contributed by atoms with Crippen molar-refractivity contribution < 1.29 is 13.5 Å². The summed E-state index contributed by atoms with van der Waals surface area (Å²) >= 11 is 0. The van der Waals surface area contributed by atoms with E-state index in [1.54, 1.807) is 12.1 Å². The smallest absolute Gasteiger partial charge is 0.387 e. The summed E-state index contributed by atoms with van der Waals surface area (Å²) in [4.78, 5) is 2.51. The molecule has 1 aliphatic heterocycles. The maximum absolute atomic E-state index is 12.2. The minimum Gasteiger partial charge on any atom is -0.435 e. The van der Waals surface area contributed by atoms with Crippen molar-refractivity contribution in [1.82, 2.24) is 10.2 Å². The molecule has 6 heteroatoms. The molecule has 0 aromatic heterocycles. The summed E-state index contributed by atoms with van der Waals surface area (Å²) in [6, 6.07) is 7.59. The predicted octanol–water partition coefficient (Wildman–Crippen LogP) is 3.46. The molecule has 0 radical (unpaired) electrons. The van der Waals surface area contributed by atoms with Gasteiger partial charge in [-0.15, -0.1) is 12.4 Å². The number of ether oxygens (including phenoxy) is 1. The third-order valence-corrected chi connectivity index (χ3v) is 4.34. The maximum Gasteiger partial charge on any atom is 0.387 e. The second-order valence-corrected chi connectivity index (χ2v) is 5.93. The van der Waals surface area contributed by atoms with E-state index in [-0.39, 0.29) is 18.2 Å². The van der Waals surface area contributed by atoms with Gasteiger partial charge in [0.15, 0.2) is 0 Å². The summed E-state index contributed by atoms with van der Waals surface area (Å²) in [7, 11) is 0. The molecule has 0 unspecified atom stereocenters. The number of nitrogens with zero attached hydrogens (tertiary/aromatic N) is 1. The average molecular weight is 333 g/mol. The minimum atomic E-state index is -2.76. The molecule has 1 saturated heterocycles. The van der Waals surface area contributed by atoms with Crippen molar-refractivity contribution in [2.75, 3.05) is 26.2 Å². The molecule has 2 fully saturated rings. The Labute approximate surface area is 136 Å². The van der Waals surface area contributed by atoms with Crippen LogP contribution in [0.25, 0.3) is 0 Å². The molecule has 0 bridgehead atoms. The van der Waals surface area contributed by atoms with E-state index in [4.69, 9.17) is 0 Å². The highest BCUT2D eigenvalue weighted by Gasteiger charge is 2.30. The van der Waals surface area contributed by atoms with E-state index in [9.17, 15) is 8.78 Å². The Morgan fingerprint density at radius 3 is 2.32 bits per heavy atom. The van der Waals surface area contributed by atoms with E-state index in [1.807, 2.05) is 12.1 Å². The van der Waals surface area contributed by atoms with Gasteiger partial charge in [0, 0.05) is 32.2 Å². The van der Waals surface area contributed by atoms with Crippen LogP contribution in [0.3, 0.4) is 0 Å². The van der Waals surface area contributed by atoms with Gasteiger partial charge in [0.05, 0.1) is 0 Å². The molecule has 1 aliphatic carbocycles. The molecule has 2 aliphatic rings. The molecule has 124 valence electrons. The highest BCUT2D eigenvalue weighted by Crippen LogP contribution is 2.40. The molecule has 1 heterocycles. The summed E-state index contributed by atoms with van der Waals surface area (Å²) in [6.07, 6.45) is 3.83. The highest BCUT2D eigenvalue weighted by molar-refractivity contribution is 5.85. The zero-order valence-corrected chi connectivity index (χ0v) is 13.3. The molecule has 3 rings (SSSR count). The summed E-state index contributed by atoms with van der Waals surface area (Å²) in [5.74, 6) is 1.07. The Morgan fingerprint density at radius 1 is 1.14 bits per heavy atom. The molecular formula is C16H23ClF2N2O. The van der Waals surface area contributed by atoms with Gasteiger partial charge < -0.3 is 10.1 Å². The first-order valence-electron chi connectivity index (χ1n) is 7.72. The van der Waals surface area contributed by atoms with Crippen molar-refractivity contribution >= 4 is 12.4 Å². The Hall–Kier alpha value is -0.910. The summed E-state index contributed by atoms with van der Waals surface area (Å²) in [6.45, 7) is 1.38. The second kappa shape index (κ2) is 8.09. The van der Waals surface area contributed by atoms with Gasteiger partial charge in [0.2, 0.25) is 0 Å². The SMILES string of the molecule is Cl.FC(F)Oc1ccc([C@H](CC2CC2)N2CCNCC2)cc1. The molecule has 1 aromatic rings. The van der Waals surface area contributed by atoms with Crippen LogP contribution >= 0.6 is 12.4 Å². The quantitative estimate of drug-likeness (QED) is 0.863. The number of piperazine rings is 1. The lowest BCUT2D eigenvalue weighted by atomic mass is 9.98. The van der Waals surface area contributed by atoms with Gasteiger partial charge in [-0.3, -0.25) is 4.90 Å². The summed E-state index contributed by atoms with van der Waals surface area (Å²) < 4.78 is 28.9. The molecule has 1 atom stereocenters. The monoisotopic (exact) mass is 332 g/mol. The van der Waals surface area contributed by atoms with Gasteiger partial charge in [-0.05, 0) is 30.0 Å². The standard InChI is InChI=1S/C16H22F2N2O.ClH/c17-16(18)21-14-5-3-13(4-6-14)15(11-12-1-2-12)20-9-7-19-8-10-20;/h3-6,12,15-16,19H,1-2,7-11H2;1H/t15-;/m0./s1. The molecule has 0 amide bonds. The van der Waals surface area contributed by atoms with Crippen LogP contribution in [0.4, 0.5) is 8.78 Å². The third kappa shape index (κ3) is 4.80. The molecular weight excluding hydrogens is 310 g/mol. The number of alkyl halides is 2. The van der Waals surface area contributed by atoms with E-state index < -0.39 is 6.61 Å². The fraction of sp³-hybridized carbons (Fsp3) is 0.625. The van der Waals surface area contributed by atoms with E-state index in [0.29, 0.717) is 6.04 Å². The van der Waals surface area contributed by atoms with Gasteiger partial charge in [-0.1, -0.05) is 25.0 Å². The third-order valence-electron chi connectivity index (χ3n) is 4.34. The lowest BCUT2D eigenvalue weighted by molar-refractivity contribution is -0.0498. The second-order valence-electron chi connectivity index (χ2n) is 5.93. The van der Waals surface area contributed by atoms with Gasteiger partial charge in [0.1, 0.15) is 5.75 Å². The zero-order valence-electron chi connectivity index (χ0n) is 12.5. The fourth-order valence-electron chi connectivity index (χ4n) is 3.03. The lowest BCUT2D eigenvalue weighted by Gasteiger charge is -2.35. The van der Waals surface area contributed by atoms with Crippen molar-refractivity contribution in [3.8, 4) is 5.75 Å². The van der Waals surface area contributed by atoms with Crippen LogP contribution in [0, 0.1) is 5.92 Å². The number of rotatable bonds is 6. The van der Waals surface area contributed by atoms with Crippen LogP contribution in [0.5, 0.6) is 5.75 Å². The van der Waals surface area contributed by atoms with Crippen molar-refractivity contribution in [3.63, 3.8) is 0 Å². The van der Waals surface area contributed by atoms with Crippen LogP contribution in [-0.2, 0) is 0 Å². The number of nitrogens with one attached hydrogen (secondary N) is 1. The maximum atomic E-state index is 12.2. The van der Waals surface area contributed by atoms with Gasteiger partial charge in [0.25, 0.3) is 0 Å². The number of halogens is 3. The largest absolute Gasteiger partial charge is 0.435 e. The zero-order chi connectivity index (χ0) is 14.7. The lowest BCUT2D eigenvalue weighted by Crippen LogP contribution is -2.45. The highest BCUT2D eigenvalue weighted by atomic mass is 35.5. The van der Waals surface area contributed by atoms with Gasteiger partial charge in [-0.2, -0.15) is 8.78 Å². The van der Waals surface area contributed by atoms with Crippen LogP contribution < -0.4 is 10.1 Å². The van der Waals surface area contributed by atoms with Crippen LogP contribution in [0.1, 0.15) is 30.9 Å². The number of hydrogen-bond donors (Lipinski definition) is 1. The predicted molar refractivity (Wildman–Crippen MR) is 84.8 cm³/mol. The van der Waals surface area contributed by atoms with Crippen molar-refractivity contribution in [2.24, 2.45) is 5.92 Å². The number of benzene rings is 1. The first-order valence-corrected chi connectivity index (χ1v) is 7.72. The Bertz CT molecular complexity index is 448. The number of hydrogen-bond acceptors (Lipinski definition) is 3. The van der Waals surface area contributed by atoms with E-state index >= 15 is 0 Å². The van der Waals surface area contributed by atoms with Gasteiger partial charge in [-0.25, -0.2) is 0 Å². The van der Waals surface area contributed by atoms with Crippen LogP contribution in [0.15, 0.2) is 24.3 Å². The van der Waals surface area contributed by atoms with E-state index in [0.717, 1.165) is 32.1 Å². The first kappa shape index (κ1) is 17.4. The molecule has 1 saturated carbocycles. The van der Waals surface area contributed by atoms with Gasteiger partial charge >= 0.3 is 6.61 Å². The molecule has 1 aromatic carbocycles.